The normalized spacial score (nSPS) is 14.8. The van der Waals surface area contributed by atoms with Crippen LogP contribution in [0.5, 0.6) is 0 Å². The first kappa shape index (κ1) is 13.3. The van der Waals surface area contributed by atoms with E-state index in [0.717, 1.165) is 12.8 Å². The van der Waals surface area contributed by atoms with Crippen LogP contribution in [-0.2, 0) is 4.79 Å². The van der Waals surface area contributed by atoms with E-state index >= 15 is 0 Å². The van der Waals surface area contributed by atoms with Gasteiger partial charge in [0.25, 0.3) is 0 Å². The van der Waals surface area contributed by atoms with E-state index in [9.17, 15) is 4.79 Å². The van der Waals surface area contributed by atoms with Crippen molar-refractivity contribution in [1.82, 2.24) is 0 Å². The Morgan fingerprint density at radius 2 is 2.09 bits per heavy atom. The van der Waals surface area contributed by atoms with Gasteiger partial charge in [-0.25, -0.2) is 0 Å². The molecule has 0 aliphatic rings. The lowest BCUT2D eigenvalue weighted by atomic mass is 9.97. The number of hydrogen-bond acceptors (Lipinski definition) is 2. The lowest BCUT2D eigenvalue weighted by Gasteiger charge is -2.17. The number of halogens is 1. The Labute approximate surface area is 73.4 Å². The third kappa shape index (κ3) is 5.04. The maximum absolute atomic E-state index is 10.4. The van der Waals surface area contributed by atoms with Crippen molar-refractivity contribution in [3.8, 4) is 0 Å². The average molecular weight is 182 g/mol. The molecule has 3 nitrogen and oxygen atoms in total. The number of unbranched alkanes of at least 4 members (excludes halogenated alkanes) is 1. The largest absolute Gasteiger partial charge is 0.480 e. The van der Waals surface area contributed by atoms with Gasteiger partial charge in [-0.1, -0.05) is 19.8 Å². The molecule has 0 amide bonds. The standard InChI is InChI=1S/C7H15NO2.ClH/c1-3-4-5-7(2,8)6(9)10;/h3-5,8H2,1-2H3,(H,9,10);1H/t7-;/m1./s1. The molecule has 0 aromatic rings. The van der Waals surface area contributed by atoms with Crippen molar-refractivity contribution in [1.29, 1.82) is 0 Å². The fourth-order valence-electron chi connectivity index (χ4n) is 0.651. The molecular weight excluding hydrogens is 166 g/mol. The first-order chi connectivity index (χ1) is 4.50. The van der Waals surface area contributed by atoms with Crippen molar-refractivity contribution < 1.29 is 9.90 Å². The summed E-state index contributed by atoms with van der Waals surface area (Å²) in [5, 5.41) is 8.54. The highest BCUT2D eigenvalue weighted by Crippen LogP contribution is 2.09. The third-order valence-electron chi connectivity index (χ3n) is 1.54. The number of carbonyl (C=O) groups is 1. The second kappa shape index (κ2) is 5.38. The second-order valence-corrected chi connectivity index (χ2v) is 2.83. The monoisotopic (exact) mass is 181 g/mol. The molecule has 0 saturated heterocycles. The van der Waals surface area contributed by atoms with Crippen molar-refractivity contribution in [2.45, 2.75) is 38.6 Å². The van der Waals surface area contributed by atoms with Crippen molar-refractivity contribution >= 4 is 18.4 Å². The van der Waals surface area contributed by atoms with Gasteiger partial charge in [-0.3, -0.25) is 4.79 Å². The lowest BCUT2D eigenvalue weighted by molar-refractivity contribution is -0.142. The first-order valence-electron chi connectivity index (χ1n) is 3.53. The van der Waals surface area contributed by atoms with E-state index in [0.29, 0.717) is 6.42 Å². The maximum Gasteiger partial charge on any atom is 0.323 e. The smallest absolute Gasteiger partial charge is 0.323 e. The Balaban J connectivity index is 0. The molecule has 0 saturated carbocycles. The zero-order chi connectivity index (χ0) is 8.20. The summed E-state index contributed by atoms with van der Waals surface area (Å²) in [4.78, 5) is 10.4. The van der Waals surface area contributed by atoms with E-state index in [-0.39, 0.29) is 12.4 Å². The Morgan fingerprint density at radius 3 is 2.36 bits per heavy atom. The fourth-order valence-corrected chi connectivity index (χ4v) is 0.651. The third-order valence-corrected chi connectivity index (χ3v) is 1.54. The molecular formula is C7H16ClNO2. The van der Waals surface area contributed by atoms with Gasteiger partial charge in [-0.05, 0) is 13.3 Å². The summed E-state index contributed by atoms with van der Waals surface area (Å²) in [5.41, 5.74) is 4.41. The van der Waals surface area contributed by atoms with Crippen LogP contribution in [0.4, 0.5) is 0 Å². The summed E-state index contributed by atoms with van der Waals surface area (Å²) in [6.45, 7) is 3.56. The first-order valence-corrected chi connectivity index (χ1v) is 3.53. The van der Waals surface area contributed by atoms with Crippen LogP contribution in [0.25, 0.3) is 0 Å². The van der Waals surface area contributed by atoms with Crippen LogP contribution in [-0.4, -0.2) is 16.6 Å². The number of rotatable bonds is 4. The quantitative estimate of drug-likeness (QED) is 0.689. The summed E-state index contributed by atoms with van der Waals surface area (Å²) in [5.74, 6) is -0.916. The number of nitrogens with two attached hydrogens (primary N) is 1. The van der Waals surface area contributed by atoms with Gasteiger partial charge < -0.3 is 10.8 Å². The highest BCUT2D eigenvalue weighted by Gasteiger charge is 2.26. The Hall–Kier alpha value is -0.280. The fraction of sp³-hybridized carbons (Fsp3) is 0.857. The van der Waals surface area contributed by atoms with Crippen LogP contribution in [0, 0.1) is 0 Å². The molecule has 0 aliphatic heterocycles. The zero-order valence-corrected chi connectivity index (χ0v) is 7.78. The van der Waals surface area contributed by atoms with E-state index < -0.39 is 11.5 Å². The maximum atomic E-state index is 10.4. The molecule has 0 aromatic heterocycles. The van der Waals surface area contributed by atoms with Crippen molar-refractivity contribution in [3.05, 3.63) is 0 Å². The number of hydrogen-bond donors (Lipinski definition) is 2. The minimum atomic E-state index is -1.03. The van der Waals surface area contributed by atoms with Crippen LogP contribution in [0.2, 0.25) is 0 Å². The number of carboxylic acids is 1. The molecule has 0 aromatic carbocycles. The van der Waals surface area contributed by atoms with Gasteiger partial charge in [0.05, 0.1) is 0 Å². The summed E-state index contributed by atoms with van der Waals surface area (Å²) in [6.07, 6.45) is 2.41. The minimum absolute atomic E-state index is 0. The minimum Gasteiger partial charge on any atom is -0.480 e. The van der Waals surface area contributed by atoms with Gasteiger partial charge in [-0.15, -0.1) is 12.4 Å². The molecule has 0 bridgehead atoms. The molecule has 11 heavy (non-hydrogen) atoms. The molecule has 0 heterocycles. The predicted octanol–water partition coefficient (Wildman–Crippen LogP) is 1.40. The highest BCUT2D eigenvalue weighted by atomic mass is 35.5. The van der Waals surface area contributed by atoms with E-state index in [1.54, 1.807) is 6.92 Å². The van der Waals surface area contributed by atoms with Crippen molar-refractivity contribution in [2.24, 2.45) is 5.73 Å². The Kier molecular flexibility index (Phi) is 6.52. The van der Waals surface area contributed by atoms with Crippen molar-refractivity contribution in [2.75, 3.05) is 0 Å². The van der Waals surface area contributed by atoms with Gasteiger partial charge in [0, 0.05) is 0 Å². The van der Waals surface area contributed by atoms with Crippen LogP contribution in [0.15, 0.2) is 0 Å². The molecule has 68 valence electrons. The molecule has 0 aliphatic carbocycles. The Morgan fingerprint density at radius 1 is 1.64 bits per heavy atom. The molecule has 4 heteroatoms. The summed E-state index contributed by atoms with van der Waals surface area (Å²) >= 11 is 0. The van der Waals surface area contributed by atoms with Crippen LogP contribution in [0.3, 0.4) is 0 Å². The van der Waals surface area contributed by atoms with E-state index in [1.807, 2.05) is 6.92 Å². The van der Waals surface area contributed by atoms with Gasteiger partial charge in [0.15, 0.2) is 0 Å². The number of aliphatic carboxylic acids is 1. The van der Waals surface area contributed by atoms with Crippen LogP contribution in [0.1, 0.15) is 33.1 Å². The molecule has 0 spiro atoms. The van der Waals surface area contributed by atoms with Crippen LogP contribution >= 0.6 is 12.4 Å². The van der Waals surface area contributed by atoms with Gasteiger partial charge >= 0.3 is 5.97 Å². The SMILES string of the molecule is CCCC[C@@](C)(N)C(=O)O.Cl. The van der Waals surface area contributed by atoms with Crippen LogP contribution < -0.4 is 5.73 Å². The summed E-state index contributed by atoms with van der Waals surface area (Å²) in [7, 11) is 0. The average Bonchev–Trinajstić information content (AvgIpc) is 1.84. The summed E-state index contributed by atoms with van der Waals surface area (Å²) < 4.78 is 0. The zero-order valence-electron chi connectivity index (χ0n) is 6.96. The Bertz CT molecular complexity index is 126. The molecule has 0 radical (unpaired) electrons. The van der Waals surface area contributed by atoms with E-state index in [4.69, 9.17) is 10.8 Å². The van der Waals surface area contributed by atoms with Gasteiger partial charge in [0.1, 0.15) is 5.54 Å². The molecule has 3 N–H and O–H groups in total. The number of carboxylic acid groups (broad SMARTS) is 1. The molecule has 0 rings (SSSR count). The van der Waals surface area contributed by atoms with Gasteiger partial charge in [0.2, 0.25) is 0 Å². The second-order valence-electron chi connectivity index (χ2n) is 2.83. The van der Waals surface area contributed by atoms with E-state index in [1.165, 1.54) is 0 Å². The molecule has 1 atom stereocenters. The topological polar surface area (TPSA) is 63.3 Å². The van der Waals surface area contributed by atoms with Crippen molar-refractivity contribution in [3.63, 3.8) is 0 Å². The molecule has 0 fully saturated rings. The van der Waals surface area contributed by atoms with Gasteiger partial charge in [-0.2, -0.15) is 0 Å². The predicted molar refractivity (Wildman–Crippen MR) is 47.0 cm³/mol. The molecule has 0 unspecified atom stereocenters. The lowest BCUT2D eigenvalue weighted by Crippen LogP contribution is -2.44. The highest BCUT2D eigenvalue weighted by molar-refractivity contribution is 5.85. The summed E-state index contributed by atoms with van der Waals surface area (Å²) in [6, 6.07) is 0. The van der Waals surface area contributed by atoms with E-state index in [2.05, 4.69) is 0 Å².